The molecule has 0 N–H and O–H groups in total. The Balaban J connectivity index is 1.18. The van der Waals surface area contributed by atoms with Crippen LogP contribution in [0, 0.1) is 0 Å². The number of rotatable bonds is 3. The molecule has 0 atom stereocenters. The van der Waals surface area contributed by atoms with E-state index in [9.17, 15) is 0 Å². The van der Waals surface area contributed by atoms with Gasteiger partial charge in [0, 0.05) is 10.8 Å². The highest BCUT2D eigenvalue weighted by Crippen LogP contribution is 2.46. The molecule has 1 aromatic heterocycles. The van der Waals surface area contributed by atoms with Gasteiger partial charge in [-0.15, -0.1) is 0 Å². The van der Waals surface area contributed by atoms with Crippen molar-refractivity contribution in [1.82, 2.24) is 0 Å². The first kappa shape index (κ1) is 26.1. The second-order valence-corrected chi connectivity index (χ2v) is 12.5. The van der Waals surface area contributed by atoms with Gasteiger partial charge in [-0.25, -0.2) is 0 Å². The first-order chi connectivity index (χ1) is 23.3. The fraction of sp³-hybridized carbons (Fsp3) is 0. The lowest BCUT2D eigenvalue weighted by Crippen LogP contribution is -1.92. The van der Waals surface area contributed by atoms with Gasteiger partial charge in [-0.3, -0.25) is 0 Å². The molecule has 0 aliphatic carbocycles. The normalized spacial score (nSPS) is 11.8. The quantitative estimate of drug-likeness (QED) is 0.185. The SMILES string of the molecule is c1cc(-c2ccc3c(c2)oc2cc4ccccc4cc23)cc(-c2c3ccccc3c(-c3cccc4ccccc34)c3ccccc23)c1. The standard InChI is InChI=1S/C46H28O/c1-2-13-32-27-44-42(26-31(32)12-1)36-24-23-33(28-43(36)47-44)30-15-9-16-34(25-30)45-38-18-5-7-20-40(38)46(41-21-8-6-19-39(41)45)37-22-10-14-29-11-3-4-17-35(29)37/h1-28H. The third-order valence-electron chi connectivity index (χ3n) is 9.81. The molecule has 218 valence electrons. The van der Waals surface area contributed by atoms with Crippen LogP contribution in [0.1, 0.15) is 0 Å². The monoisotopic (exact) mass is 596 g/mol. The van der Waals surface area contributed by atoms with Gasteiger partial charge >= 0.3 is 0 Å². The minimum absolute atomic E-state index is 0.911. The predicted molar refractivity (Wildman–Crippen MR) is 200 cm³/mol. The molecule has 0 radical (unpaired) electrons. The molecule has 47 heavy (non-hydrogen) atoms. The maximum absolute atomic E-state index is 6.44. The Labute approximate surface area is 271 Å². The van der Waals surface area contributed by atoms with Crippen LogP contribution in [-0.4, -0.2) is 0 Å². The highest BCUT2D eigenvalue weighted by atomic mass is 16.3. The zero-order chi connectivity index (χ0) is 30.9. The molecule has 0 spiro atoms. The van der Waals surface area contributed by atoms with Gasteiger partial charge in [0.2, 0.25) is 0 Å². The summed E-state index contributed by atoms with van der Waals surface area (Å²) in [5.41, 5.74) is 9.17. The molecule has 1 heterocycles. The number of fused-ring (bicyclic) bond motifs is 7. The summed E-state index contributed by atoms with van der Waals surface area (Å²) in [7, 11) is 0. The summed E-state index contributed by atoms with van der Waals surface area (Å²) < 4.78 is 6.44. The second kappa shape index (κ2) is 10.2. The van der Waals surface area contributed by atoms with Crippen molar-refractivity contribution in [3.05, 3.63) is 170 Å². The summed E-state index contributed by atoms with van der Waals surface area (Å²) in [6.07, 6.45) is 0. The first-order valence-corrected chi connectivity index (χ1v) is 16.2. The Hall–Kier alpha value is -6.18. The van der Waals surface area contributed by atoms with E-state index in [2.05, 4.69) is 170 Å². The Morgan fingerprint density at radius 3 is 1.55 bits per heavy atom. The van der Waals surface area contributed by atoms with Crippen molar-refractivity contribution in [2.24, 2.45) is 0 Å². The van der Waals surface area contributed by atoms with Crippen LogP contribution in [0.4, 0.5) is 0 Å². The van der Waals surface area contributed by atoms with Crippen molar-refractivity contribution in [3.8, 4) is 33.4 Å². The van der Waals surface area contributed by atoms with Crippen molar-refractivity contribution in [2.45, 2.75) is 0 Å². The molecule has 10 aromatic rings. The summed E-state index contributed by atoms with van der Waals surface area (Å²) in [5.74, 6) is 0. The van der Waals surface area contributed by atoms with Crippen molar-refractivity contribution >= 4 is 65.0 Å². The third-order valence-corrected chi connectivity index (χ3v) is 9.81. The fourth-order valence-electron chi connectivity index (χ4n) is 7.67. The van der Waals surface area contributed by atoms with Crippen molar-refractivity contribution in [3.63, 3.8) is 0 Å². The molecule has 0 aliphatic rings. The minimum atomic E-state index is 0.911. The highest BCUT2D eigenvalue weighted by molar-refractivity contribution is 6.23. The molecule has 0 saturated heterocycles. The average Bonchev–Trinajstić information content (AvgIpc) is 3.49. The van der Waals surface area contributed by atoms with Crippen LogP contribution in [-0.2, 0) is 0 Å². The Bertz CT molecular complexity index is 2790. The van der Waals surface area contributed by atoms with Crippen LogP contribution < -0.4 is 0 Å². The van der Waals surface area contributed by atoms with Crippen LogP contribution in [0.25, 0.3) is 98.4 Å². The zero-order valence-corrected chi connectivity index (χ0v) is 25.6. The van der Waals surface area contributed by atoms with E-state index >= 15 is 0 Å². The summed E-state index contributed by atoms with van der Waals surface area (Å²) in [4.78, 5) is 0. The van der Waals surface area contributed by atoms with E-state index in [0.29, 0.717) is 0 Å². The van der Waals surface area contributed by atoms with Crippen molar-refractivity contribution in [1.29, 1.82) is 0 Å². The summed E-state index contributed by atoms with van der Waals surface area (Å²) in [5, 5.41) is 12.3. The minimum Gasteiger partial charge on any atom is -0.456 e. The van der Waals surface area contributed by atoms with E-state index in [0.717, 1.165) is 27.5 Å². The van der Waals surface area contributed by atoms with Gasteiger partial charge < -0.3 is 4.42 Å². The largest absolute Gasteiger partial charge is 0.456 e. The van der Waals surface area contributed by atoms with Gasteiger partial charge in [0.05, 0.1) is 0 Å². The second-order valence-electron chi connectivity index (χ2n) is 12.5. The van der Waals surface area contributed by atoms with E-state index in [-0.39, 0.29) is 0 Å². The topological polar surface area (TPSA) is 13.1 Å². The Kier molecular flexibility index (Phi) is 5.64. The van der Waals surface area contributed by atoms with Crippen LogP contribution in [0.15, 0.2) is 174 Å². The van der Waals surface area contributed by atoms with Gasteiger partial charge in [0.15, 0.2) is 0 Å². The predicted octanol–water partition coefficient (Wildman–Crippen LogP) is 13.2. The smallest absolute Gasteiger partial charge is 0.136 e. The van der Waals surface area contributed by atoms with Gasteiger partial charge in [-0.05, 0) is 107 Å². The van der Waals surface area contributed by atoms with E-state index in [1.165, 1.54) is 70.9 Å². The number of furan rings is 1. The fourth-order valence-corrected chi connectivity index (χ4v) is 7.67. The number of hydrogen-bond donors (Lipinski definition) is 0. The summed E-state index contributed by atoms with van der Waals surface area (Å²) >= 11 is 0. The van der Waals surface area contributed by atoms with E-state index in [1.54, 1.807) is 0 Å². The van der Waals surface area contributed by atoms with Crippen molar-refractivity contribution in [2.75, 3.05) is 0 Å². The molecule has 0 aliphatic heterocycles. The number of hydrogen-bond acceptors (Lipinski definition) is 1. The Morgan fingerprint density at radius 1 is 0.277 bits per heavy atom. The molecule has 0 amide bonds. The van der Waals surface area contributed by atoms with Crippen LogP contribution >= 0.6 is 0 Å². The van der Waals surface area contributed by atoms with Crippen molar-refractivity contribution < 1.29 is 4.42 Å². The lowest BCUT2D eigenvalue weighted by molar-refractivity contribution is 0.669. The molecule has 0 saturated carbocycles. The molecule has 0 fully saturated rings. The number of benzene rings is 9. The maximum Gasteiger partial charge on any atom is 0.136 e. The molecule has 0 unspecified atom stereocenters. The highest BCUT2D eigenvalue weighted by Gasteiger charge is 2.18. The lowest BCUT2D eigenvalue weighted by Gasteiger charge is -2.19. The van der Waals surface area contributed by atoms with E-state index < -0.39 is 0 Å². The molecule has 1 nitrogen and oxygen atoms in total. The maximum atomic E-state index is 6.44. The van der Waals surface area contributed by atoms with Gasteiger partial charge in [-0.2, -0.15) is 0 Å². The Morgan fingerprint density at radius 2 is 0.809 bits per heavy atom. The third kappa shape index (κ3) is 4.03. The van der Waals surface area contributed by atoms with Gasteiger partial charge in [0.1, 0.15) is 11.2 Å². The lowest BCUT2D eigenvalue weighted by atomic mass is 9.84. The van der Waals surface area contributed by atoms with Crippen LogP contribution in [0.2, 0.25) is 0 Å². The molecular weight excluding hydrogens is 569 g/mol. The van der Waals surface area contributed by atoms with Gasteiger partial charge in [-0.1, -0.05) is 140 Å². The van der Waals surface area contributed by atoms with E-state index in [1.807, 2.05) is 0 Å². The van der Waals surface area contributed by atoms with Gasteiger partial charge in [0.25, 0.3) is 0 Å². The molecule has 1 heteroatoms. The van der Waals surface area contributed by atoms with Crippen LogP contribution in [0.3, 0.4) is 0 Å². The molecule has 10 rings (SSSR count). The van der Waals surface area contributed by atoms with E-state index in [4.69, 9.17) is 4.42 Å². The molecule has 9 aromatic carbocycles. The average molecular weight is 597 g/mol. The summed E-state index contributed by atoms with van der Waals surface area (Å²) in [6, 6.07) is 61.6. The zero-order valence-electron chi connectivity index (χ0n) is 25.6. The summed E-state index contributed by atoms with van der Waals surface area (Å²) in [6.45, 7) is 0. The molecule has 0 bridgehead atoms. The molecular formula is C46H28O. The first-order valence-electron chi connectivity index (χ1n) is 16.2. The van der Waals surface area contributed by atoms with Crippen LogP contribution in [0.5, 0.6) is 0 Å².